The lowest BCUT2D eigenvalue weighted by Crippen LogP contribution is -1.84. The Labute approximate surface area is 93.9 Å². The van der Waals surface area contributed by atoms with Crippen molar-refractivity contribution >= 4 is 11.6 Å². The molecule has 1 heterocycles. The minimum atomic E-state index is 0.660. The number of alkyl halides is 1. The topological polar surface area (TPSA) is 26.0 Å². The van der Waals surface area contributed by atoms with E-state index in [9.17, 15) is 0 Å². The van der Waals surface area contributed by atoms with Crippen molar-refractivity contribution in [3.8, 4) is 11.3 Å². The first-order chi connectivity index (χ1) is 7.40. The van der Waals surface area contributed by atoms with Gasteiger partial charge in [-0.2, -0.15) is 0 Å². The largest absolute Gasteiger partial charge is 0.356 e. The van der Waals surface area contributed by atoms with Crippen LogP contribution in [0.2, 0.25) is 0 Å². The summed E-state index contributed by atoms with van der Waals surface area (Å²) in [5, 5.41) is 4.00. The van der Waals surface area contributed by atoms with Gasteiger partial charge in [-0.05, 0) is 12.8 Å². The van der Waals surface area contributed by atoms with Gasteiger partial charge in [0.2, 0.25) is 0 Å². The Kier molecular flexibility index (Phi) is 3.41. The Balaban J connectivity index is 2.14. The number of hydrogen-bond donors (Lipinski definition) is 0. The predicted octanol–water partition coefficient (Wildman–Crippen LogP) is 3.51. The lowest BCUT2D eigenvalue weighted by Gasteiger charge is -1.91. The summed E-state index contributed by atoms with van der Waals surface area (Å²) in [5.74, 6) is 1.48. The van der Waals surface area contributed by atoms with E-state index in [1.54, 1.807) is 0 Å². The van der Waals surface area contributed by atoms with Crippen molar-refractivity contribution in [2.45, 2.75) is 12.8 Å². The molecule has 0 saturated heterocycles. The summed E-state index contributed by atoms with van der Waals surface area (Å²) in [4.78, 5) is 0. The molecule has 0 fully saturated rings. The van der Waals surface area contributed by atoms with Crippen LogP contribution in [-0.4, -0.2) is 11.0 Å². The molecule has 2 rings (SSSR count). The summed E-state index contributed by atoms with van der Waals surface area (Å²) in [5.41, 5.74) is 2.02. The number of nitrogens with zero attached hydrogens (tertiary/aromatic N) is 1. The summed E-state index contributed by atoms with van der Waals surface area (Å²) in [6.45, 7) is 0. The van der Waals surface area contributed by atoms with Crippen LogP contribution in [0.3, 0.4) is 0 Å². The first-order valence-electron chi connectivity index (χ1n) is 4.97. The van der Waals surface area contributed by atoms with Gasteiger partial charge in [0.1, 0.15) is 0 Å². The van der Waals surface area contributed by atoms with E-state index in [0.29, 0.717) is 5.88 Å². The van der Waals surface area contributed by atoms with Crippen LogP contribution >= 0.6 is 11.6 Å². The Bertz CT molecular complexity index is 411. The number of benzene rings is 1. The Morgan fingerprint density at radius 1 is 1.20 bits per heavy atom. The molecule has 0 aliphatic carbocycles. The van der Waals surface area contributed by atoms with E-state index in [0.717, 1.165) is 29.9 Å². The van der Waals surface area contributed by atoms with Gasteiger partial charge in [0.05, 0.1) is 5.69 Å². The molecule has 1 aromatic carbocycles. The minimum absolute atomic E-state index is 0.660. The molecule has 0 saturated carbocycles. The number of aromatic nitrogens is 1. The molecule has 0 spiro atoms. The Morgan fingerprint density at radius 3 is 2.73 bits per heavy atom. The third-order valence-corrected chi connectivity index (χ3v) is 2.45. The van der Waals surface area contributed by atoms with E-state index in [1.165, 1.54) is 0 Å². The molecule has 0 atom stereocenters. The van der Waals surface area contributed by atoms with Crippen LogP contribution in [0.1, 0.15) is 12.1 Å². The normalized spacial score (nSPS) is 10.5. The third kappa shape index (κ3) is 2.60. The van der Waals surface area contributed by atoms with Crippen LogP contribution in [0.25, 0.3) is 11.3 Å². The standard InChI is InChI=1S/C12H12ClNO/c13-8-4-7-11-9-12(15-14-11)10-5-2-1-3-6-10/h1-3,5-6,9H,4,7-8H2. The number of rotatable bonds is 4. The SMILES string of the molecule is ClCCCc1cc(-c2ccccc2)on1. The van der Waals surface area contributed by atoms with E-state index >= 15 is 0 Å². The first-order valence-corrected chi connectivity index (χ1v) is 5.50. The molecule has 0 unspecified atom stereocenters. The average Bonchev–Trinajstić information content (AvgIpc) is 2.76. The third-order valence-electron chi connectivity index (χ3n) is 2.18. The number of aryl methyl sites for hydroxylation is 1. The van der Waals surface area contributed by atoms with Gasteiger partial charge >= 0.3 is 0 Å². The molecule has 15 heavy (non-hydrogen) atoms. The van der Waals surface area contributed by atoms with E-state index in [2.05, 4.69) is 5.16 Å². The second kappa shape index (κ2) is 4.99. The molecule has 0 aliphatic heterocycles. The molecule has 2 aromatic rings. The first kappa shape index (κ1) is 10.2. The van der Waals surface area contributed by atoms with Gasteiger partial charge in [-0.25, -0.2) is 0 Å². The van der Waals surface area contributed by atoms with E-state index in [-0.39, 0.29) is 0 Å². The quantitative estimate of drug-likeness (QED) is 0.739. The van der Waals surface area contributed by atoms with Crippen molar-refractivity contribution in [1.82, 2.24) is 5.16 Å². The highest BCUT2D eigenvalue weighted by atomic mass is 35.5. The molecule has 0 bridgehead atoms. The Morgan fingerprint density at radius 2 is 2.00 bits per heavy atom. The lowest BCUT2D eigenvalue weighted by atomic mass is 10.1. The van der Waals surface area contributed by atoms with Gasteiger partial charge < -0.3 is 4.52 Å². The number of halogens is 1. The summed E-state index contributed by atoms with van der Waals surface area (Å²) < 4.78 is 5.25. The van der Waals surface area contributed by atoms with Crippen molar-refractivity contribution in [3.63, 3.8) is 0 Å². The predicted molar refractivity (Wildman–Crippen MR) is 61.0 cm³/mol. The maximum Gasteiger partial charge on any atom is 0.167 e. The van der Waals surface area contributed by atoms with Gasteiger partial charge in [0.25, 0.3) is 0 Å². The van der Waals surface area contributed by atoms with Gasteiger partial charge in [0, 0.05) is 17.5 Å². The lowest BCUT2D eigenvalue weighted by molar-refractivity contribution is 0.423. The molecule has 0 radical (unpaired) electrons. The smallest absolute Gasteiger partial charge is 0.167 e. The molecular weight excluding hydrogens is 210 g/mol. The van der Waals surface area contributed by atoms with Crippen molar-refractivity contribution in [3.05, 3.63) is 42.1 Å². The zero-order valence-corrected chi connectivity index (χ0v) is 9.07. The molecular formula is C12H12ClNO. The molecule has 1 aromatic heterocycles. The maximum atomic E-state index is 5.62. The van der Waals surface area contributed by atoms with Gasteiger partial charge in [-0.15, -0.1) is 11.6 Å². The van der Waals surface area contributed by atoms with Crippen LogP contribution in [0.15, 0.2) is 40.9 Å². The van der Waals surface area contributed by atoms with E-state index < -0.39 is 0 Å². The Hall–Kier alpha value is -1.28. The molecule has 0 N–H and O–H groups in total. The second-order valence-corrected chi connectivity index (χ2v) is 3.72. The summed E-state index contributed by atoms with van der Waals surface area (Å²) >= 11 is 5.62. The fourth-order valence-electron chi connectivity index (χ4n) is 1.42. The second-order valence-electron chi connectivity index (χ2n) is 3.34. The van der Waals surface area contributed by atoms with Crippen molar-refractivity contribution in [1.29, 1.82) is 0 Å². The van der Waals surface area contributed by atoms with Crippen LogP contribution in [0.5, 0.6) is 0 Å². The van der Waals surface area contributed by atoms with E-state index in [1.807, 2.05) is 36.4 Å². The summed E-state index contributed by atoms with van der Waals surface area (Å²) in [6.07, 6.45) is 1.81. The van der Waals surface area contributed by atoms with Crippen LogP contribution in [0, 0.1) is 0 Å². The van der Waals surface area contributed by atoms with Gasteiger partial charge in [-0.3, -0.25) is 0 Å². The maximum absolute atomic E-state index is 5.62. The zero-order chi connectivity index (χ0) is 10.5. The highest BCUT2D eigenvalue weighted by Gasteiger charge is 2.05. The van der Waals surface area contributed by atoms with Crippen LogP contribution in [-0.2, 0) is 6.42 Å². The van der Waals surface area contributed by atoms with Crippen molar-refractivity contribution in [2.24, 2.45) is 0 Å². The minimum Gasteiger partial charge on any atom is -0.356 e. The molecule has 0 amide bonds. The van der Waals surface area contributed by atoms with Gasteiger partial charge in [-0.1, -0.05) is 35.5 Å². The summed E-state index contributed by atoms with van der Waals surface area (Å²) in [6, 6.07) is 11.9. The molecule has 78 valence electrons. The average molecular weight is 222 g/mol. The zero-order valence-electron chi connectivity index (χ0n) is 8.32. The van der Waals surface area contributed by atoms with Gasteiger partial charge in [0.15, 0.2) is 5.76 Å². The van der Waals surface area contributed by atoms with Crippen molar-refractivity contribution in [2.75, 3.05) is 5.88 Å². The monoisotopic (exact) mass is 221 g/mol. The van der Waals surface area contributed by atoms with Crippen molar-refractivity contribution < 1.29 is 4.52 Å². The number of hydrogen-bond acceptors (Lipinski definition) is 2. The fourth-order valence-corrected chi connectivity index (χ4v) is 1.55. The highest BCUT2D eigenvalue weighted by molar-refractivity contribution is 6.17. The fraction of sp³-hybridized carbons (Fsp3) is 0.250. The molecule has 3 heteroatoms. The van der Waals surface area contributed by atoms with Crippen LogP contribution in [0.4, 0.5) is 0 Å². The summed E-state index contributed by atoms with van der Waals surface area (Å²) in [7, 11) is 0. The van der Waals surface area contributed by atoms with E-state index in [4.69, 9.17) is 16.1 Å². The molecule has 0 aliphatic rings. The van der Waals surface area contributed by atoms with Crippen LogP contribution < -0.4 is 0 Å². The molecule has 2 nitrogen and oxygen atoms in total. The highest BCUT2D eigenvalue weighted by Crippen LogP contribution is 2.20.